The quantitative estimate of drug-likeness (QED) is 0.834. The van der Waals surface area contributed by atoms with E-state index in [-0.39, 0.29) is 23.4 Å². The van der Waals surface area contributed by atoms with E-state index in [0.717, 1.165) is 0 Å². The molecule has 2 aliphatic heterocycles. The van der Waals surface area contributed by atoms with Gasteiger partial charge in [-0.25, -0.2) is 4.79 Å². The Morgan fingerprint density at radius 3 is 2.88 bits per heavy atom. The van der Waals surface area contributed by atoms with E-state index in [4.69, 9.17) is 16.3 Å². The van der Waals surface area contributed by atoms with Crippen molar-refractivity contribution >= 4 is 40.8 Å². The van der Waals surface area contributed by atoms with E-state index in [0.29, 0.717) is 36.8 Å². The predicted molar refractivity (Wildman–Crippen MR) is 93.0 cm³/mol. The number of nitrogens with zero attached hydrogens (tertiary/aromatic N) is 2. The summed E-state index contributed by atoms with van der Waals surface area (Å²) in [5.74, 6) is 0.00866. The zero-order valence-electron chi connectivity index (χ0n) is 14.0. The minimum absolute atomic E-state index is 0.0759. The molecule has 2 N–H and O–H groups in total. The zero-order valence-corrected chi connectivity index (χ0v) is 14.7. The molecule has 0 saturated carbocycles. The van der Waals surface area contributed by atoms with Crippen molar-refractivity contribution in [1.82, 2.24) is 9.80 Å². The summed E-state index contributed by atoms with van der Waals surface area (Å²) in [5, 5.41) is 5.66. The van der Waals surface area contributed by atoms with Crippen LogP contribution >= 0.6 is 11.6 Å². The maximum Gasteiger partial charge on any atom is 0.322 e. The van der Waals surface area contributed by atoms with Crippen molar-refractivity contribution < 1.29 is 19.1 Å². The number of fused-ring (bicyclic) bond motifs is 1. The van der Waals surface area contributed by atoms with Gasteiger partial charge in [0, 0.05) is 25.3 Å². The Hall–Kier alpha value is -2.48. The molecule has 2 aliphatic rings. The van der Waals surface area contributed by atoms with Crippen molar-refractivity contribution in [2.24, 2.45) is 0 Å². The zero-order chi connectivity index (χ0) is 18.1. The van der Waals surface area contributed by atoms with Crippen LogP contribution in [-0.2, 0) is 9.59 Å². The third-order valence-corrected chi connectivity index (χ3v) is 4.59. The second-order valence-electron chi connectivity index (χ2n) is 5.89. The molecule has 0 spiro atoms. The highest BCUT2D eigenvalue weighted by molar-refractivity contribution is 6.33. The number of hydrogen-bond acceptors (Lipinski definition) is 4. The van der Waals surface area contributed by atoms with E-state index >= 15 is 0 Å². The number of halogens is 1. The first-order valence-corrected chi connectivity index (χ1v) is 8.41. The summed E-state index contributed by atoms with van der Waals surface area (Å²) in [5.41, 5.74) is 0.816. The highest BCUT2D eigenvalue weighted by Gasteiger charge is 2.33. The van der Waals surface area contributed by atoms with Gasteiger partial charge in [-0.05, 0) is 26.0 Å². The average Bonchev–Trinajstić information content (AvgIpc) is 2.56. The molecule has 0 unspecified atom stereocenters. The molecular weight excluding hydrogens is 348 g/mol. The first-order valence-electron chi connectivity index (χ1n) is 8.03. The molecule has 0 aromatic heterocycles. The second-order valence-corrected chi connectivity index (χ2v) is 6.30. The Morgan fingerprint density at radius 2 is 2.16 bits per heavy atom. The minimum Gasteiger partial charge on any atom is -0.480 e. The monoisotopic (exact) mass is 366 g/mol. The Balaban J connectivity index is 1.75. The minimum atomic E-state index is -0.537. The largest absolute Gasteiger partial charge is 0.480 e. The number of benzene rings is 1. The Morgan fingerprint density at radius 1 is 1.40 bits per heavy atom. The lowest BCUT2D eigenvalue weighted by Crippen LogP contribution is -2.58. The number of hydrogen-bond donors (Lipinski definition) is 2. The highest BCUT2D eigenvalue weighted by Crippen LogP contribution is 2.38. The first-order chi connectivity index (χ1) is 11.9. The van der Waals surface area contributed by atoms with Crippen LogP contribution < -0.4 is 15.4 Å². The molecule has 25 heavy (non-hydrogen) atoms. The molecule has 9 heteroatoms. The van der Waals surface area contributed by atoms with Gasteiger partial charge in [-0.1, -0.05) is 11.6 Å². The maximum atomic E-state index is 12.5. The summed E-state index contributed by atoms with van der Waals surface area (Å²) in [4.78, 5) is 39.4. The lowest BCUT2D eigenvalue weighted by molar-refractivity contribution is -0.138. The fourth-order valence-corrected chi connectivity index (χ4v) is 3.22. The van der Waals surface area contributed by atoms with Gasteiger partial charge >= 0.3 is 6.03 Å². The van der Waals surface area contributed by atoms with E-state index in [9.17, 15) is 14.4 Å². The van der Waals surface area contributed by atoms with Crippen molar-refractivity contribution in [3.05, 3.63) is 17.2 Å². The molecular formula is C16H19ClN4O4. The van der Waals surface area contributed by atoms with Crippen LogP contribution in [0.4, 0.5) is 16.2 Å². The van der Waals surface area contributed by atoms with Crippen molar-refractivity contribution in [2.75, 3.05) is 36.9 Å². The molecule has 1 aromatic carbocycles. The number of likely N-dealkylation sites (N-methyl/N-ethyl adjacent to an activating group) is 1. The van der Waals surface area contributed by atoms with Gasteiger partial charge < -0.3 is 25.2 Å². The van der Waals surface area contributed by atoms with Gasteiger partial charge in [0.25, 0.3) is 5.91 Å². The third-order valence-electron chi connectivity index (χ3n) is 4.31. The Bertz CT molecular complexity index is 739. The molecule has 2 heterocycles. The van der Waals surface area contributed by atoms with Gasteiger partial charge in [0.05, 0.1) is 10.7 Å². The SMILES string of the molecule is CCN1CCN(C(=O)Nc2cc(Cl)c3c(c2)NC(=O)CO3)[C@@H](C)C1=O. The summed E-state index contributed by atoms with van der Waals surface area (Å²) >= 11 is 6.15. The van der Waals surface area contributed by atoms with Gasteiger partial charge in [0.15, 0.2) is 12.4 Å². The summed E-state index contributed by atoms with van der Waals surface area (Å²) in [6.07, 6.45) is 0. The number of carbonyl (C=O) groups excluding carboxylic acids is 3. The number of anilines is 2. The molecule has 8 nitrogen and oxygen atoms in total. The van der Waals surface area contributed by atoms with Crippen molar-refractivity contribution in [2.45, 2.75) is 19.9 Å². The second kappa shape index (κ2) is 6.79. The van der Waals surface area contributed by atoms with Crippen LogP contribution in [0.2, 0.25) is 5.02 Å². The number of urea groups is 1. The molecule has 1 aromatic rings. The highest BCUT2D eigenvalue weighted by atomic mass is 35.5. The normalized spacial score (nSPS) is 19.9. The summed E-state index contributed by atoms with van der Waals surface area (Å²) in [7, 11) is 0. The fourth-order valence-electron chi connectivity index (χ4n) is 2.95. The number of ether oxygens (including phenoxy) is 1. The van der Waals surface area contributed by atoms with Gasteiger partial charge in [0.2, 0.25) is 5.91 Å². The molecule has 3 rings (SSSR count). The van der Waals surface area contributed by atoms with Crippen LogP contribution in [0.1, 0.15) is 13.8 Å². The fraction of sp³-hybridized carbons (Fsp3) is 0.438. The molecule has 134 valence electrons. The number of piperazine rings is 1. The first kappa shape index (κ1) is 17.3. The number of amides is 4. The van der Waals surface area contributed by atoms with Gasteiger partial charge in [-0.3, -0.25) is 9.59 Å². The van der Waals surface area contributed by atoms with Crippen LogP contribution in [0.5, 0.6) is 5.75 Å². The smallest absolute Gasteiger partial charge is 0.322 e. The van der Waals surface area contributed by atoms with Crippen molar-refractivity contribution in [3.63, 3.8) is 0 Å². The maximum absolute atomic E-state index is 12.5. The molecule has 1 fully saturated rings. The van der Waals surface area contributed by atoms with E-state index in [2.05, 4.69) is 10.6 Å². The Kier molecular flexibility index (Phi) is 4.71. The summed E-state index contributed by atoms with van der Waals surface area (Å²) in [6.45, 7) is 5.09. The van der Waals surface area contributed by atoms with Crippen LogP contribution in [0, 0.1) is 0 Å². The molecule has 4 amide bonds. The van der Waals surface area contributed by atoms with E-state index in [1.54, 1.807) is 24.0 Å². The predicted octanol–water partition coefficient (Wildman–Crippen LogP) is 1.76. The van der Waals surface area contributed by atoms with E-state index in [1.165, 1.54) is 4.90 Å². The van der Waals surface area contributed by atoms with E-state index in [1.807, 2.05) is 6.92 Å². The lowest BCUT2D eigenvalue weighted by atomic mass is 10.2. The van der Waals surface area contributed by atoms with Crippen LogP contribution in [-0.4, -0.2) is 59.9 Å². The van der Waals surface area contributed by atoms with Gasteiger partial charge in [-0.15, -0.1) is 0 Å². The van der Waals surface area contributed by atoms with Crippen molar-refractivity contribution in [1.29, 1.82) is 0 Å². The summed E-state index contributed by atoms with van der Waals surface area (Å²) in [6, 6.07) is 2.19. The van der Waals surface area contributed by atoms with Crippen LogP contribution in [0.15, 0.2) is 12.1 Å². The van der Waals surface area contributed by atoms with Crippen molar-refractivity contribution in [3.8, 4) is 5.75 Å². The Labute approximate surface area is 150 Å². The molecule has 1 saturated heterocycles. The number of nitrogens with one attached hydrogen (secondary N) is 2. The molecule has 0 bridgehead atoms. The molecule has 1 atom stereocenters. The van der Waals surface area contributed by atoms with E-state index < -0.39 is 12.1 Å². The van der Waals surface area contributed by atoms with Crippen LogP contribution in [0.25, 0.3) is 0 Å². The number of carbonyl (C=O) groups is 3. The standard InChI is InChI=1S/C16H19ClN4O4/c1-3-20-4-5-21(9(2)15(20)23)16(24)18-10-6-11(17)14-12(7-10)19-13(22)8-25-14/h6-7,9H,3-5,8H2,1-2H3,(H,18,24)(H,19,22)/t9-/m0/s1. The number of rotatable bonds is 2. The topological polar surface area (TPSA) is 91.0 Å². The molecule has 0 aliphatic carbocycles. The third kappa shape index (κ3) is 3.34. The van der Waals surface area contributed by atoms with Gasteiger partial charge in [0.1, 0.15) is 6.04 Å². The lowest BCUT2D eigenvalue weighted by Gasteiger charge is -2.38. The van der Waals surface area contributed by atoms with Gasteiger partial charge in [-0.2, -0.15) is 0 Å². The van der Waals surface area contributed by atoms with Crippen LogP contribution in [0.3, 0.4) is 0 Å². The summed E-state index contributed by atoms with van der Waals surface area (Å²) < 4.78 is 5.28. The molecule has 0 radical (unpaired) electrons. The average molecular weight is 367 g/mol.